The number of hydrogen-bond acceptors (Lipinski definition) is 2. The van der Waals surface area contributed by atoms with Crippen LogP contribution >= 0.6 is 0 Å². The van der Waals surface area contributed by atoms with Crippen molar-refractivity contribution < 1.29 is 8.42 Å². The maximum Gasteiger partial charge on any atom is 0.243 e. The number of aromatic amines is 1. The highest BCUT2D eigenvalue weighted by Crippen LogP contribution is 2.31. The molecule has 4 rings (SSSR count). The molecule has 0 spiro atoms. The molecule has 0 saturated heterocycles. The van der Waals surface area contributed by atoms with E-state index in [1.165, 1.54) is 22.1 Å². The second-order valence-electron chi connectivity index (χ2n) is 6.86. The second kappa shape index (κ2) is 6.41. The van der Waals surface area contributed by atoms with Crippen LogP contribution in [0.3, 0.4) is 0 Å². The first kappa shape index (κ1) is 17.1. The number of fused-ring (bicyclic) bond motifs is 1. The summed E-state index contributed by atoms with van der Waals surface area (Å²) in [7, 11) is -3.44. The fourth-order valence-corrected chi connectivity index (χ4v) is 4.92. The first-order valence-electron chi connectivity index (χ1n) is 8.80. The molecule has 0 unspecified atom stereocenters. The molecule has 0 fully saturated rings. The van der Waals surface area contributed by atoms with Crippen molar-refractivity contribution in [3.8, 4) is 0 Å². The monoisotopic (exact) mass is 366 g/mol. The molecule has 2 heterocycles. The van der Waals surface area contributed by atoms with Crippen LogP contribution in [-0.4, -0.2) is 30.8 Å². The maximum absolute atomic E-state index is 12.8. The molecule has 1 N–H and O–H groups in total. The van der Waals surface area contributed by atoms with Gasteiger partial charge in [-0.25, -0.2) is 8.42 Å². The molecule has 0 amide bonds. The van der Waals surface area contributed by atoms with Gasteiger partial charge in [0, 0.05) is 35.8 Å². The van der Waals surface area contributed by atoms with Crippen LogP contribution in [0.5, 0.6) is 0 Å². The van der Waals surface area contributed by atoms with Gasteiger partial charge in [0.25, 0.3) is 0 Å². The number of H-pyrrole nitrogens is 1. The lowest BCUT2D eigenvalue weighted by Crippen LogP contribution is -2.34. The van der Waals surface area contributed by atoms with Gasteiger partial charge in [-0.1, -0.05) is 42.0 Å². The first-order chi connectivity index (χ1) is 12.5. The molecule has 4 nitrogen and oxygen atoms in total. The summed E-state index contributed by atoms with van der Waals surface area (Å²) in [5, 5.41) is 1.20. The number of aromatic nitrogens is 1. The largest absolute Gasteiger partial charge is 0.360 e. The van der Waals surface area contributed by atoms with Crippen molar-refractivity contribution in [2.45, 2.75) is 25.2 Å². The van der Waals surface area contributed by atoms with Crippen molar-refractivity contribution in [3.63, 3.8) is 0 Å². The molecule has 5 heteroatoms. The molecule has 1 aliphatic heterocycles. The lowest BCUT2D eigenvalue weighted by atomic mass is 9.99. The van der Waals surface area contributed by atoms with Gasteiger partial charge in [-0.3, -0.25) is 0 Å². The summed E-state index contributed by atoms with van der Waals surface area (Å²) in [6, 6.07) is 13.3. The van der Waals surface area contributed by atoms with Crippen LogP contribution in [0.15, 0.2) is 59.6 Å². The zero-order valence-electron chi connectivity index (χ0n) is 15.0. The van der Waals surface area contributed by atoms with Crippen molar-refractivity contribution in [3.05, 3.63) is 71.4 Å². The second-order valence-corrected chi connectivity index (χ2v) is 8.79. The number of nitrogens with zero attached hydrogens (tertiary/aromatic N) is 1. The number of hydrogen-bond donors (Lipinski definition) is 1. The fraction of sp³-hybridized carbons (Fsp3) is 0.238. The zero-order valence-corrected chi connectivity index (χ0v) is 15.8. The van der Waals surface area contributed by atoms with Crippen molar-refractivity contribution in [2.75, 3.05) is 13.1 Å². The van der Waals surface area contributed by atoms with Crippen LogP contribution in [-0.2, 0) is 10.0 Å². The van der Waals surface area contributed by atoms with Crippen molar-refractivity contribution in [1.29, 1.82) is 0 Å². The molecular weight excluding hydrogens is 344 g/mol. The molecule has 134 valence electrons. The van der Waals surface area contributed by atoms with E-state index in [-0.39, 0.29) is 0 Å². The Morgan fingerprint density at radius 3 is 2.50 bits per heavy atom. The molecular formula is C21H22N2O2S. The Labute approximate surface area is 154 Å². The van der Waals surface area contributed by atoms with E-state index in [0.29, 0.717) is 24.4 Å². The number of para-hydroxylation sites is 1. The van der Waals surface area contributed by atoms with Gasteiger partial charge in [0.15, 0.2) is 0 Å². The van der Waals surface area contributed by atoms with E-state index in [2.05, 4.69) is 30.1 Å². The van der Waals surface area contributed by atoms with Gasteiger partial charge >= 0.3 is 0 Å². The van der Waals surface area contributed by atoms with E-state index in [1.54, 1.807) is 16.4 Å². The maximum atomic E-state index is 12.8. The highest BCUT2D eigenvalue weighted by atomic mass is 32.2. The van der Waals surface area contributed by atoms with Crippen LogP contribution in [0.25, 0.3) is 16.5 Å². The van der Waals surface area contributed by atoms with E-state index in [1.807, 2.05) is 31.3 Å². The zero-order chi connectivity index (χ0) is 18.3. The Bertz CT molecular complexity index is 1090. The minimum atomic E-state index is -3.44. The van der Waals surface area contributed by atoms with Crippen molar-refractivity contribution >= 4 is 26.5 Å². The van der Waals surface area contributed by atoms with Gasteiger partial charge in [-0.05, 0) is 43.5 Å². The Hall–Kier alpha value is -2.37. The number of aryl methyl sites for hydroxylation is 2. The average molecular weight is 366 g/mol. The summed E-state index contributed by atoms with van der Waals surface area (Å²) in [5.74, 6) is 0. The van der Waals surface area contributed by atoms with Gasteiger partial charge in [0.05, 0.1) is 4.90 Å². The summed E-state index contributed by atoms with van der Waals surface area (Å²) < 4.78 is 27.2. The Balaban J connectivity index is 1.62. The van der Waals surface area contributed by atoms with Crippen LogP contribution in [0.1, 0.15) is 23.1 Å². The summed E-state index contributed by atoms with van der Waals surface area (Å²) in [4.78, 5) is 3.72. The van der Waals surface area contributed by atoms with E-state index in [4.69, 9.17) is 0 Å². The summed E-state index contributed by atoms with van der Waals surface area (Å²) in [6.07, 6.45) is 4.79. The van der Waals surface area contributed by atoms with Crippen LogP contribution in [0.4, 0.5) is 0 Å². The number of sulfonamides is 1. The normalized spacial score (nSPS) is 16.0. The highest BCUT2D eigenvalue weighted by molar-refractivity contribution is 7.89. The molecule has 1 aromatic heterocycles. The SMILES string of the molecule is Cc1ccc(S(=O)(=O)N2CC=C(c3c[nH]c4c(C)cccc34)CC2)cc1. The summed E-state index contributed by atoms with van der Waals surface area (Å²) in [6.45, 7) is 4.95. The third-order valence-electron chi connectivity index (χ3n) is 5.10. The number of rotatable bonds is 3. The van der Waals surface area contributed by atoms with Gasteiger partial charge in [-0.15, -0.1) is 0 Å². The van der Waals surface area contributed by atoms with E-state index >= 15 is 0 Å². The van der Waals surface area contributed by atoms with Crippen LogP contribution < -0.4 is 0 Å². The smallest absolute Gasteiger partial charge is 0.243 e. The Morgan fingerprint density at radius 1 is 1.04 bits per heavy atom. The van der Waals surface area contributed by atoms with Crippen molar-refractivity contribution in [1.82, 2.24) is 9.29 Å². The summed E-state index contributed by atoms with van der Waals surface area (Å²) >= 11 is 0. The van der Waals surface area contributed by atoms with E-state index < -0.39 is 10.0 Å². The molecule has 0 atom stereocenters. The van der Waals surface area contributed by atoms with Crippen molar-refractivity contribution in [2.24, 2.45) is 0 Å². The fourth-order valence-electron chi connectivity index (χ4n) is 3.54. The molecule has 0 radical (unpaired) electrons. The average Bonchev–Trinajstić information content (AvgIpc) is 3.08. The van der Waals surface area contributed by atoms with Gasteiger partial charge in [-0.2, -0.15) is 4.31 Å². The molecule has 26 heavy (non-hydrogen) atoms. The predicted octanol–water partition coefficient (Wildman–Crippen LogP) is 4.26. The van der Waals surface area contributed by atoms with E-state index in [9.17, 15) is 8.42 Å². The molecule has 1 aliphatic rings. The van der Waals surface area contributed by atoms with E-state index in [0.717, 1.165) is 11.1 Å². The third-order valence-corrected chi connectivity index (χ3v) is 6.98. The predicted molar refractivity (Wildman–Crippen MR) is 106 cm³/mol. The van der Waals surface area contributed by atoms with Crippen LogP contribution in [0.2, 0.25) is 0 Å². The lowest BCUT2D eigenvalue weighted by Gasteiger charge is -2.26. The Kier molecular flexibility index (Phi) is 4.21. The summed E-state index contributed by atoms with van der Waals surface area (Å²) in [5.41, 5.74) is 5.81. The van der Waals surface area contributed by atoms with Gasteiger partial charge in [0.1, 0.15) is 0 Å². The first-order valence-corrected chi connectivity index (χ1v) is 10.2. The van der Waals surface area contributed by atoms with Gasteiger partial charge in [0.2, 0.25) is 10.0 Å². The quantitative estimate of drug-likeness (QED) is 0.753. The number of nitrogens with one attached hydrogen (secondary N) is 1. The standard InChI is InChI=1S/C21H22N2O2S/c1-15-6-8-18(9-7-15)26(24,25)23-12-10-17(11-13-23)20-14-22-21-16(2)4-3-5-19(20)21/h3-10,14,22H,11-13H2,1-2H3. The highest BCUT2D eigenvalue weighted by Gasteiger charge is 2.26. The third kappa shape index (κ3) is 2.87. The lowest BCUT2D eigenvalue weighted by molar-refractivity contribution is 0.441. The molecule has 0 saturated carbocycles. The van der Waals surface area contributed by atoms with Gasteiger partial charge < -0.3 is 4.98 Å². The Morgan fingerprint density at radius 2 is 1.81 bits per heavy atom. The minimum Gasteiger partial charge on any atom is -0.360 e. The molecule has 2 aromatic carbocycles. The minimum absolute atomic E-state index is 0.364. The topological polar surface area (TPSA) is 53.2 Å². The number of benzene rings is 2. The molecule has 3 aromatic rings. The molecule has 0 bridgehead atoms. The van der Waals surface area contributed by atoms with Crippen LogP contribution in [0, 0.1) is 13.8 Å². The molecule has 0 aliphatic carbocycles.